The molecule has 1 unspecified atom stereocenters. The molecule has 1 fully saturated rings. The first-order valence-electron chi connectivity index (χ1n) is 5.91. The average Bonchev–Trinajstić information content (AvgIpc) is 2.73. The standard InChI is InChI=1S/C13H15FN2O3/c1-8-6-9(14)2-3-10(8)11(17)16-5-4-13(15,7-16)12(18)19/h2-3,6H,4-5,7,15H2,1H3,(H,18,19). The monoisotopic (exact) mass is 266 g/mol. The van der Waals surface area contributed by atoms with Crippen LogP contribution in [0.4, 0.5) is 4.39 Å². The molecule has 0 aromatic heterocycles. The molecule has 1 amide bonds. The minimum absolute atomic E-state index is 0.0298. The van der Waals surface area contributed by atoms with Crippen LogP contribution in [0.15, 0.2) is 18.2 Å². The van der Waals surface area contributed by atoms with Crippen LogP contribution >= 0.6 is 0 Å². The number of benzene rings is 1. The van der Waals surface area contributed by atoms with Crippen molar-refractivity contribution in [2.24, 2.45) is 5.73 Å². The van der Waals surface area contributed by atoms with Crippen LogP contribution in [-0.2, 0) is 4.79 Å². The number of nitrogens with zero attached hydrogens (tertiary/aromatic N) is 1. The zero-order valence-corrected chi connectivity index (χ0v) is 10.5. The van der Waals surface area contributed by atoms with Crippen LogP contribution in [0.5, 0.6) is 0 Å². The number of halogens is 1. The van der Waals surface area contributed by atoms with Gasteiger partial charge in [-0.05, 0) is 37.1 Å². The molecule has 1 aromatic rings. The van der Waals surface area contributed by atoms with Crippen molar-refractivity contribution in [2.75, 3.05) is 13.1 Å². The Morgan fingerprint density at radius 2 is 2.16 bits per heavy atom. The molecule has 0 radical (unpaired) electrons. The van der Waals surface area contributed by atoms with Crippen LogP contribution in [0.2, 0.25) is 0 Å². The molecule has 2 rings (SSSR count). The predicted octanol–water partition coefficient (Wildman–Crippen LogP) is 0.762. The quantitative estimate of drug-likeness (QED) is 0.828. The number of hydrogen-bond acceptors (Lipinski definition) is 3. The van der Waals surface area contributed by atoms with Crippen molar-refractivity contribution < 1.29 is 19.1 Å². The van der Waals surface area contributed by atoms with Crippen molar-refractivity contribution in [1.82, 2.24) is 4.90 Å². The Bertz CT molecular complexity index is 547. The Labute approximate surface area is 109 Å². The van der Waals surface area contributed by atoms with Crippen LogP contribution in [0.1, 0.15) is 22.3 Å². The number of likely N-dealkylation sites (tertiary alicyclic amines) is 1. The van der Waals surface area contributed by atoms with Gasteiger partial charge in [0, 0.05) is 18.7 Å². The summed E-state index contributed by atoms with van der Waals surface area (Å²) in [6, 6.07) is 3.89. The van der Waals surface area contributed by atoms with E-state index < -0.39 is 17.3 Å². The smallest absolute Gasteiger partial charge is 0.325 e. The highest BCUT2D eigenvalue weighted by atomic mass is 19.1. The summed E-state index contributed by atoms with van der Waals surface area (Å²) in [5.41, 5.74) is 5.23. The van der Waals surface area contributed by atoms with Crippen molar-refractivity contribution in [3.05, 3.63) is 35.1 Å². The molecule has 1 saturated heterocycles. The number of nitrogens with two attached hydrogens (primary N) is 1. The minimum atomic E-state index is -1.39. The Balaban J connectivity index is 2.20. The molecule has 1 atom stereocenters. The van der Waals surface area contributed by atoms with E-state index in [9.17, 15) is 14.0 Å². The van der Waals surface area contributed by atoms with Crippen LogP contribution in [0.3, 0.4) is 0 Å². The zero-order valence-electron chi connectivity index (χ0n) is 10.5. The van der Waals surface area contributed by atoms with Gasteiger partial charge < -0.3 is 15.7 Å². The average molecular weight is 266 g/mol. The summed E-state index contributed by atoms with van der Waals surface area (Å²) in [6.45, 7) is 1.90. The number of hydrogen-bond donors (Lipinski definition) is 2. The Morgan fingerprint density at radius 1 is 1.47 bits per heavy atom. The first-order chi connectivity index (χ1) is 8.83. The lowest BCUT2D eigenvalue weighted by Gasteiger charge is -2.20. The van der Waals surface area contributed by atoms with E-state index in [2.05, 4.69) is 0 Å². The molecule has 0 bridgehead atoms. The van der Waals surface area contributed by atoms with Gasteiger partial charge in [-0.25, -0.2) is 4.39 Å². The predicted molar refractivity (Wildman–Crippen MR) is 66.2 cm³/mol. The second kappa shape index (κ2) is 4.62. The van der Waals surface area contributed by atoms with Crippen molar-refractivity contribution in [1.29, 1.82) is 0 Å². The SMILES string of the molecule is Cc1cc(F)ccc1C(=O)N1CCC(N)(C(=O)O)C1. The van der Waals surface area contributed by atoms with Crippen molar-refractivity contribution in [2.45, 2.75) is 18.9 Å². The third-order valence-corrected chi connectivity index (χ3v) is 3.43. The number of carbonyl (C=O) groups is 2. The number of amides is 1. The molecule has 0 saturated carbocycles. The highest BCUT2D eigenvalue weighted by Crippen LogP contribution is 2.22. The maximum Gasteiger partial charge on any atom is 0.325 e. The highest BCUT2D eigenvalue weighted by molar-refractivity contribution is 5.96. The Kier molecular flexibility index (Phi) is 3.28. The maximum absolute atomic E-state index is 13.0. The number of aliphatic carboxylic acids is 1. The molecule has 1 aliphatic rings. The van der Waals surface area contributed by atoms with E-state index in [-0.39, 0.29) is 18.9 Å². The van der Waals surface area contributed by atoms with E-state index in [0.717, 1.165) is 0 Å². The topological polar surface area (TPSA) is 83.6 Å². The number of aryl methyl sites for hydroxylation is 1. The van der Waals surface area contributed by atoms with E-state index >= 15 is 0 Å². The molecular formula is C13H15FN2O3. The van der Waals surface area contributed by atoms with Crippen molar-refractivity contribution in [3.8, 4) is 0 Å². The van der Waals surface area contributed by atoms with Gasteiger partial charge in [0.25, 0.3) is 5.91 Å². The summed E-state index contributed by atoms with van der Waals surface area (Å²) >= 11 is 0. The minimum Gasteiger partial charge on any atom is -0.480 e. The van der Waals surface area contributed by atoms with Gasteiger partial charge >= 0.3 is 5.97 Å². The molecule has 0 aliphatic carbocycles. The molecule has 6 heteroatoms. The molecule has 1 heterocycles. The summed E-state index contributed by atoms with van der Waals surface area (Å²) in [5.74, 6) is -1.83. The first-order valence-corrected chi connectivity index (χ1v) is 5.91. The lowest BCUT2D eigenvalue weighted by atomic mass is 10.0. The third kappa shape index (κ3) is 2.44. The van der Waals surface area contributed by atoms with E-state index in [4.69, 9.17) is 10.8 Å². The van der Waals surface area contributed by atoms with E-state index in [1.54, 1.807) is 6.92 Å². The van der Waals surface area contributed by atoms with Crippen LogP contribution in [0, 0.1) is 12.7 Å². The third-order valence-electron chi connectivity index (χ3n) is 3.43. The van der Waals surface area contributed by atoms with Gasteiger partial charge in [0.2, 0.25) is 0 Å². The highest BCUT2D eigenvalue weighted by Gasteiger charge is 2.43. The molecular weight excluding hydrogens is 251 g/mol. The maximum atomic E-state index is 13.0. The number of rotatable bonds is 2. The van der Waals surface area contributed by atoms with Gasteiger partial charge in [-0.2, -0.15) is 0 Å². The summed E-state index contributed by atoms with van der Waals surface area (Å²) < 4.78 is 13.0. The Morgan fingerprint density at radius 3 is 2.68 bits per heavy atom. The molecule has 1 aliphatic heterocycles. The van der Waals surface area contributed by atoms with Gasteiger partial charge in [-0.15, -0.1) is 0 Å². The fourth-order valence-corrected chi connectivity index (χ4v) is 2.22. The fraction of sp³-hybridized carbons (Fsp3) is 0.385. The normalized spacial score (nSPS) is 22.6. The molecule has 3 N–H and O–H groups in total. The van der Waals surface area contributed by atoms with Gasteiger partial charge in [0.1, 0.15) is 11.4 Å². The van der Waals surface area contributed by atoms with E-state index in [1.807, 2.05) is 0 Å². The molecule has 19 heavy (non-hydrogen) atoms. The number of carboxylic acid groups (broad SMARTS) is 1. The number of carbonyl (C=O) groups excluding carboxylic acids is 1. The Hall–Kier alpha value is -1.95. The van der Waals surface area contributed by atoms with Gasteiger partial charge in [0.15, 0.2) is 0 Å². The number of carboxylic acids is 1. The van der Waals surface area contributed by atoms with Gasteiger partial charge in [0.05, 0.1) is 0 Å². The van der Waals surface area contributed by atoms with Crippen molar-refractivity contribution >= 4 is 11.9 Å². The second-order valence-corrected chi connectivity index (χ2v) is 4.90. The zero-order chi connectivity index (χ0) is 14.2. The molecule has 0 spiro atoms. The van der Waals surface area contributed by atoms with Gasteiger partial charge in [-0.3, -0.25) is 9.59 Å². The van der Waals surface area contributed by atoms with E-state index in [1.165, 1.54) is 23.1 Å². The molecule has 5 nitrogen and oxygen atoms in total. The van der Waals surface area contributed by atoms with Crippen LogP contribution < -0.4 is 5.73 Å². The first kappa shape index (κ1) is 13.5. The van der Waals surface area contributed by atoms with E-state index in [0.29, 0.717) is 17.7 Å². The summed E-state index contributed by atoms with van der Waals surface area (Å²) in [6.07, 6.45) is 0.217. The molecule has 102 valence electrons. The van der Waals surface area contributed by atoms with Gasteiger partial charge in [-0.1, -0.05) is 0 Å². The summed E-state index contributed by atoms with van der Waals surface area (Å²) in [4.78, 5) is 24.7. The lowest BCUT2D eigenvalue weighted by molar-refractivity contribution is -0.142. The van der Waals surface area contributed by atoms with Crippen LogP contribution in [0.25, 0.3) is 0 Å². The second-order valence-electron chi connectivity index (χ2n) is 4.90. The largest absolute Gasteiger partial charge is 0.480 e. The van der Waals surface area contributed by atoms with Crippen molar-refractivity contribution in [3.63, 3.8) is 0 Å². The summed E-state index contributed by atoms with van der Waals surface area (Å²) in [7, 11) is 0. The van der Waals surface area contributed by atoms with Crippen LogP contribution in [-0.4, -0.2) is 40.5 Å². The lowest BCUT2D eigenvalue weighted by Crippen LogP contribution is -2.50. The summed E-state index contributed by atoms with van der Waals surface area (Å²) in [5, 5.41) is 9.02. The fourth-order valence-electron chi connectivity index (χ4n) is 2.22. The molecule has 1 aromatic carbocycles.